The van der Waals surface area contributed by atoms with Crippen molar-refractivity contribution in [2.75, 3.05) is 6.54 Å². The van der Waals surface area contributed by atoms with Gasteiger partial charge in [0.2, 0.25) is 5.91 Å². The number of carbonyl (C=O) groups excluding carboxylic acids is 2. The van der Waals surface area contributed by atoms with Crippen LogP contribution < -0.4 is 5.32 Å². The van der Waals surface area contributed by atoms with Crippen molar-refractivity contribution < 1.29 is 9.59 Å². The van der Waals surface area contributed by atoms with E-state index in [1.807, 2.05) is 31.2 Å². The Kier molecular flexibility index (Phi) is 7.20. The highest BCUT2D eigenvalue weighted by molar-refractivity contribution is 5.99. The van der Waals surface area contributed by atoms with E-state index in [1.54, 1.807) is 9.58 Å². The van der Waals surface area contributed by atoms with Gasteiger partial charge in [0.15, 0.2) is 0 Å². The molecule has 1 fully saturated rings. The van der Waals surface area contributed by atoms with Crippen molar-refractivity contribution in [3.05, 3.63) is 53.3 Å². The molecule has 0 unspecified atom stereocenters. The van der Waals surface area contributed by atoms with E-state index < -0.39 is 5.54 Å². The molecule has 2 amide bonds. The van der Waals surface area contributed by atoms with Crippen LogP contribution in [0.4, 0.5) is 0 Å². The van der Waals surface area contributed by atoms with Crippen molar-refractivity contribution in [2.45, 2.75) is 96.2 Å². The van der Waals surface area contributed by atoms with Gasteiger partial charge in [-0.3, -0.25) is 14.3 Å². The molecule has 2 aliphatic rings. The molecule has 4 rings (SSSR count). The number of benzene rings is 1. The zero-order valence-electron chi connectivity index (χ0n) is 20.3. The predicted molar refractivity (Wildman–Crippen MR) is 130 cm³/mol. The van der Waals surface area contributed by atoms with Crippen molar-refractivity contribution >= 4 is 11.8 Å². The highest BCUT2D eigenvalue weighted by atomic mass is 16.2. The van der Waals surface area contributed by atoms with Gasteiger partial charge < -0.3 is 10.2 Å². The standard InChI is InChI=1S/C27H38N4O2/c1-20(2)23-18-24-25(32)30(17-16-21-12-8-7-9-13-21)27(3,19-31(24)29-23)26(33)28-22-14-10-5-4-6-11-15-22/h7-9,12-13,18,20,22H,4-6,10-11,14-17,19H2,1-3H3,(H,28,33)/t27-/m1/s1. The van der Waals surface area contributed by atoms with Crippen molar-refractivity contribution in [3.8, 4) is 0 Å². The minimum absolute atomic E-state index is 0.0540. The summed E-state index contributed by atoms with van der Waals surface area (Å²) >= 11 is 0. The van der Waals surface area contributed by atoms with Crippen LogP contribution in [0.1, 0.15) is 93.4 Å². The maximum Gasteiger partial charge on any atom is 0.273 e. The molecule has 1 N–H and O–H groups in total. The molecule has 33 heavy (non-hydrogen) atoms. The van der Waals surface area contributed by atoms with Crippen LogP contribution in [-0.2, 0) is 17.8 Å². The Morgan fingerprint density at radius 1 is 1.12 bits per heavy atom. The number of hydrogen-bond donors (Lipinski definition) is 1. The van der Waals surface area contributed by atoms with Gasteiger partial charge in [0.25, 0.3) is 5.91 Å². The molecule has 1 aromatic heterocycles. The van der Waals surface area contributed by atoms with Crippen molar-refractivity contribution in [1.82, 2.24) is 20.0 Å². The smallest absolute Gasteiger partial charge is 0.273 e. The second-order valence-corrected chi connectivity index (χ2v) is 10.2. The topological polar surface area (TPSA) is 67.2 Å². The lowest BCUT2D eigenvalue weighted by Gasteiger charge is -2.44. The quantitative estimate of drug-likeness (QED) is 0.694. The summed E-state index contributed by atoms with van der Waals surface area (Å²) < 4.78 is 1.76. The normalized spacial score (nSPS) is 22.1. The number of amides is 2. The molecule has 6 heteroatoms. The fourth-order valence-corrected chi connectivity index (χ4v) is 5.12. The molecule has 0 radical (unpaired) electrons. The molecule has 1 saturated carbocycles. The zero-order chi connectivity index (χ0) is 23.4. The van der Waals surface area contributed by atoms with Crippen LogP contribution in [0.3, 0.4) is 0 Å². The van der Waals surface area contributed by atoms with E-state index in [1.165, 1.54) is 19.3 Å². The lowest BCUT2D eigenvalue weighted by atomic mass is 9.92. The number of fused-ring (bicyclic) bond motifs is 1. The van der Waals surface area contributed by atoms with Gasteiger partial charge in [-0.05, 0) is 43.7 Å². The summed E-state index contributed by atoms with van der Waals surface area (Å²) in [6, 6.07) is 12.2. The van der Waals surface area contributed by atoms with E-state index >= 15 is 0 Å². The SMILES string of the molecule is CC(C)c1cc2n(n1)C[C@](C)(C(=O)NC1CCCCCCC1)N(CCc1ccccc1)C2=O. The summed E-state index contributed by atoms with van der Waals surface area (Å²) in [5.41, 5.74) is 1.67. The van der Waals surface area contributed by atoms with Crippen LogP contribution in [-0.4, -0.2) is 44.6 Å². The number of carbonyl (C=O) groups is 2. The third-order valence-electron chi connectivity index (χ3n) is 7.30. The second-order valence-electron chi connectivity index (χ2n) is 10.2. The van der Waals surface area contributed by atoms with Gasteiger partial charge in [-0.15, -0.1) is 0 Å². The van der Waals surface area contributed by atoms with E-state index in [0.29, 0.717) is 25.2 Å². The van der Waals surface area contributed by atoms with Crippen molar-refractivity contribution in [3.63, 3.8) is 0 Å². The summed E-state index contributed by atoms with van der Waals surface area (Å²) in [6.07, 6.45) is 8.82. The monoisotopic (exact) mass is 450 g/mol. The van der Waals surface area contributed by atoms with E-state index in [0.717, 1.165) is 36.9 Å². The molecule has 178 valence electrons. The predicted octanol–water partition coefficient (Wildman–Crippen LogP) is 4.69. The Bertz CT molecular complexity index is 960. The third kappa shape index (κ3) is 5.15. The van der Waals surface area contributed by atoms with E-state index in [9.17, 15) is 9.59 Å². The summed E-state index contributed by atoms with van der Waals surface area (Å²) in [5.74, 6) is 0.0669. The van der Waals surface area contributed by atoms with Crippen LogP contribution >= 0.6 is 0 Å². The van der Waals surface area contributed by atoms with Gasteiger partial charge >= 0.3 is 0 Å². The van der Waals surface area contributed by atoms with Crippen LogP contribution in [0.25, 0.3) is 0 Å². The summed E-state index contributed by atoms with van der Waals surface area (Å²) in [5, 5.41) is 8.03. The van der Waals surface area contributed by atoms with Gasteiger partial charge in [0.1, 0.15) is 11.2 Å². The van der Waals surface area contributed by atoms with Crippen LogP contribution in [0.2, 0.25) is 0 Å². The fraction of sp³-hybridized carbons (Fsp3) is 0.593. The zero-order valence-corrected chi connectivity index (χ0v) is 20.3. The van der Waals surface area contributed by atoms with Crippen molar-refractivity contribution in [1.29, 1.82) is 0 Å². The molecule has 0 saturated heterocycles. The van der Waals surface area contributed by atoms with Gasteiger partial charge in [0, 0.05) is 12.6 Å². The molecule has 2 aromatic rings. The van der Waals surface area contributed by atoms with Gasteiger partial charge in [0.05, 0.1) is 12.2 Å². The lowest BCUT2D eigenvalue weighted by molar-refractivity contribution is -0.134. The highest BCUT2D eigenvalue weighted by Gasteiger charge is 2.48. The number of nitrogens with zero attached hydrogens (tertiary/aromatic N) is 3. The molecule has 1 aromatic carbocycles. The second kappa shape index (κ2) is 10.1. The Hall–Kier alpha value is -2.63. The Morgan fingerprint density at radius 2 is 1.79 bits per heavy atom. The molecular formula is C27H38N4O2. The average molecular weight is 451 g/mol. The molecule has 0 spiro atoms. The number of aromatic nitrogens is 2. The first kappa shape index (κ1) is 23.5. The Labute approximate surface area is 197 Å². The first-order valence-electron chi connectivity index (χ1n) is 12.6. The van der Waals surface area contributed by atoms with E-state index in [-0.39, 0.29) is 23.8 Å². The largest absolute Gasteiger partial charge is 0.351 e. The maximum absolute atomic E-state index is 13.8. The Balaban J connectivity index is 1.60. The Morgan fingerprint density at radius 3 is 2.45 bits per heavy atom. The summed E-state index contributed by atoms with van der Waals surface area (Å²) in [7, 11) is 0. The first-order valence-corrected chi connectivity index (χ1v) is 12.6. The molecular weight excluding hydrogens is 412 g/mol. The lowest BCUT2D eigenvalue weighted by Crippen LogP contribution is -2.65. The van der Waals surface area contributed by atoms with E-state index in [2.05, 4.69) is 31.3 Å². The van der Waals surface area contributed by atoms with E-state index in [4.69, 9.17) is 5.10 Å². The minimum atomic E-state index is -0.971. The molecule has 2 heterocycles. The van der Waals surface area contributed by atoms with Gasteiger partial charge in [-0.2, -0.15) is 5.10 Å². The number of rotatable bonds is 6. The molecule has 1 atom stereocenters. The number of hydrogen-bond acceptors (Lipinski definition) is 3. The first-order chi connectivity index (χ1) is 15.9. The molecule has 0 bridgehead atoms. The minimum Gasteiger partial charge on any atom is -0.351 e. The molecule has 1 aliphatic heterocycles. The third-order valence-corrected chi connectivity index (χ3v) is 7.30. The van der Waals surface area contributed by atoms with Crippen LogP contribution in [0.15, 0.2) is 36.4 Å². The molecule has 6 nitrogen and oxygen atoms in total. The van der Waals surface area contributed by atoms with Crippen LogP contribution in [0, 0.1) is 0 Å². The summed E-state index contributed by atoms with van der Waals surface area (Å²) in [6.45, 7) is 6.95. The van der Waals surface area contributed by atoms with Crippen molar-refractivity contribution in [2.24, 2.45) is 0 Å². The summed E-state index contributed by atoms with van der Waals surface area (Å²) in [4.78, 5) is 29.2. The fourth-order valence-electron chi connectivity index (χ4n) is 5.12. The average Bonchev–Trinajstić information content (AvgIpc) is 3.20. The van der Waals surface area contributed by atoms with Gasteiger partial charge in [-0.25, -0.2) is 0 Å². The molecule has 1 aliphatic carbocycles. The van der Waals surface area contributed by atoms with Gasteiger partial charge in [-0.1, -0.05) is 76.3 Å². The number of nitrogens with one attached hydrogen (secondary N) is 1. The van der Waals surface area contributed by atoms with Crippen LogP contribution in [0.5, 0.6) is 0 Å². The maximum atomic E-state index is 13.8. The highest BCUT2D eigenvalue weighted by Crippen LogP contribution is 2.30.